The van der Waals surface area contributed by atoms with Crippen molar-refractivity contribution >= 4 is 0 Å². The lowest BCUT2D eigenvalue weighted by atomic mass is 9.75. The summed E-state index contributed by atoms with van der Waals surface area (Å²) in [5.74, 6) is 0.704. The van der Waals surface area contributed by atoms with Gasteiger partial charge in [-0.1, -0.05) is 60.7 Å². The molecule has 1 unspecified atom stereocenters. The van der Waals surface area contributed by atoms with E-state index in [1.54, 1.807) is 0 Å². The lowest BCUT2D eigenvalue weighted by molar-refractivity contribution is 0.282. The molecule has 92 valence electrons. The summed E-state index contributed by atoms with van der Waals surface area (Å²) in [5, 5.41) is 3.68. The molecule has 1 saturated carbocycles. The predicted molar refractivity (Wildman–Crippen MR) is 75.5 cm³/mol. The monoisotopic (exact) mass is 237 g/mol. The van der Waals surface area contributed by atoms with Gasteiger partial charge in [0.05, 0.1) is 0 Å². The molecular weight excluding hydrogens is 218 g/mol. The van der Waals surface area contributed by atoms with E-state index in [1.165, 1.54) is 24.0 Å². The molecule has 1 N–H and O–H groups in total. The summed E-state index contributed by atoms with van der Waals surface area (Å²) >= 11 is 0. The fraction of sp³-hybridized carbons (Fsp3) is 0.294. The van der Waals surface area contributed by atoms with Crippen molar-refractivity contribution in [2.75, 3.05) is 0 Å². The molecule has 3 rings (SSSR count). The van der Waals surface area contributed by atoms with Crippen LogP contribution in [-0.4, -0.2) is 6.04 Å². The van der Waals surface area contributed by atoms with Gasteiger partial charge in [0.2, 0.25) is 0 Å². The number of hydrogen-bond acceptors (Lipinski definition) is 1. The molecule has 1 aliphatic carbocycles. The third-order valence-corrected chi connectivity index (χ3v) is 3.91. The largest absolute Gasteiger partial charge is 0.309 e. The molecular formula is C17H19N. The van der Waals surface area contributed by atoms with E-state index in [4.69, 9.17) is 0 Å². The van der Waals surface area contributed by atoms with Gasteiger partial charge in [-0.15, -0.1) is 0 Å². The average Bonchev–Trinajstić information content (AvgIpc) is 2.40. The van der Waals surface area contributed by atoms with Crippen LogP contribution in [0.15, 0.2) is 60.7 Å². The van der Waals surface area contributed by atoms with E-state index < -0.39 is 0 Å². The van der Waals surface area contributed by atoms with Gasteiger partial charge in [0.15, 0.2) is 0 Å². The van der Waals surface area contributed by atoms with Crippen molar-refractivity contribution < 1.29 is 0 Å². The van der Waals surface area contributed by atoms with E-state index in [0.29, 0.717) is 12.0 Å². The minimum atomic E-state index is 0.646. The van der Waals surface area contributed by atoms with E-state index in [1.807, 2.05) is 0 Å². The molecule has 1 fully saturated rings. The molecule has 1 nitrogen and oxygen atoms in total. The maximum absolute atomic E-state index is 3.68. The predicted octanol–water partition coefficient (Wildman–Crippen LogP) is 3.72. The fourth-order valence-corrected chi connectivity index (χ4v) is 2.69. The Bertz CT molecular complexity index is 477. The summed E-state index contributed by atoms with van der Waals surface area (Å²) in [4.78, 5) is 0. The van der Waals surface area contributed by atoms with Crippen molar-refractivity contribution in [1.29, 1.82) is 0 Å². The van der Waals surface area contributed by atoms with E-state index in [-0.39, 0.29) is 0 Å². The summed E-state index contributed by atoms with van der Waals surface area (Å²) in [6, 6.07) is 22.2. The van der Waals surface area contributed by atoms with Gasteiger partial charge >= 0.3 is 0 Å². The molecule has 0 bridgehead atoms. The van der Waals surface area contributed by atoms with Crippen molar-refractivity contribution in [3.63, 3.8) is 0 Å². The van der Waals surface area contributed by atoms with Crippen LogP contribution in [0.25, 0.3) is 0 Å². The van der Waals surface area contributed by atoms with Crippen molar-refractivity contribution in [3.05, 3.63) is 71.8 Å². The lowest BCUT2D eigenvalue weighted by Gasteiger charge is -2.38. The van der Waals surface area contributed by atoms with Gasteiger partial charge in [-0.25, -0.2) is 0 Å². The van der Waals surface area contributed by atoms with E-state index in [0.717, 1.165) is 6.54 Å². The second-order valence-electron chi connectivity index (χ2n) is 5.07. The van der Waals surface area contributed by atoms with E-state index in [2.05, 4.69) is 66.0 Å². The Morgan fingerprint density at radius 1 is 0.833 bits per heavy atom. The number of benzene rings is 2. The van der Waals surface area contributed by atoms with Gasteiger partial charge in [0.1, 0.15) is 0 Å². The Morgan fingerprint density at radius 2 is 1.50 bits per heavy atom. The molecule has 0 radical (unpaired) electrons. The number of hydrogen-bond donors (Lipinski definition) is 1. The molecule has 2 aromatic rings. The zero-order valence-electron chi connectivity index (χ0n) is 10.5. The summed E-state index contributed by atoms with van der Waals surface area (Å²) in [7, 11) is 0. The molecule has 0 saturated heterocycles. The van der Waals surface area contributed by atoms with Gasteiger partial charge in [-0.3, -0.25) is 0 Å². The highest BCUT2D eigenvalue weighted by Crippen LogP contribution is 2.36. The maximum atomic E-state index is 3.68. The first-order valence-electron chi connectivity index (χ1n) is 6.76. The minimum Gasteiger partial charge on any atom is -0.309 e. The lowest BCUT2D eigenvalue weighted by Crippen LogP contribution is -2.41. The smallest absolute Gasteiger partial charge is 0.0208 e. The Kier molecular flexibility index (Phi) is 3.42. The molecule has 0 spiro atoms. The molecule has 0 amide bonds. The molecule has 0 aliphatic heterocycles. The van der Waals surface area contributed by atoms with Gasteiger partial charge in [0, 0.05) is 12.6 Å². The second-order valence-corrected chi connectivity index (χ2v) is 5.07. The highest BCUT2D eigenvalue weighted by molar-refractivity contribution is 5.24. The summed E-state index contributed by atoms with van der Waals surface area (Å²) in [6.45, 7) is 0.981. The first-order valence-corrected chi connectivity index (χ1v) is 6.76. The van der Waals surface area contributed by atoms with Gasteiger partial charge in [-0.2, -0.15) is 0 Å². The average molecular weight is 237 g/mol. The number of nitrogens with one attached hydrogen (secondary N) is 1. The third-order valence-electron chi connectivity index (χ3n) is 3.91. The highest BCUT2D eigenvalue weighted by atomic mass is 14.9. The molecule has 0 heterocycles. The van der Waals surface area contributed by atoms with Crippen molar-refractivity contribution in [2.45, 2.75) is 31.3 Å². The Morgan fingerprint density at radius 3 is 2.11 bits per heavy atom. The Hall–Kier alpha value is -1.60. The SMILES string of the molecule is c1ccc(CN[C@@H]2CCC2c2ccccc2)cc1. The molecule has 1 aliphatic rings. The van der Waals surface area contributed by atoms with Crippen molar-refractivity contribution in [3.8, 4) is 0 Å². The van der Waals surface area contributed by atoms with Crippen molar-refractivity contribution in [2.24, 2.45) is 0 Å². The molecule has 2 atom stereocenters. The van der Waals surface area contributed by atoms with Crippen LogP contribution in [0.5, 0.6) is 0 Å². The van der Waals surface area contributed by atoms with Gasteiger partial charge in [-0.05, 0) is 29.9 Å². The molecule has 18 heavy (non-hydrogen) atoms. The number of rotatable bonds is 4. The Balaban J connectivity index is 1.58. The minimum absolute atomic E-state index is 0.646. The maximum Gasteiger partial charge on any atom is 0.0208 e. The van der Waals surface area contributed by atoms with Crippen LogP contribution in [0.2, 0.25) is 0 Å². The van der Waals surface area contributed by atoms with Crippen LogP contribution in [0.1, 0.15) is 29.9 Å². The fourth-order valence-electron chi connectivity index (χ4n) is 2.69. The third kappa shape index (κ3) is 2.46. The quantitative estimate of drug-likeness (QED) is 0.854. The summed E-state index contributed by atoms with van der Waals surface area (Å²) < 4.78 is 0. The van der Waals surface area contributed by atoms with Crippen LogP contribution in [0, 0.1) is 0 Å². The van der Waals surface area contributed by atoms with Gasteiger partial charge in [0.25, 0.3) is 0 Å². The van der Waals surface area contributed by atoms with Crippen LogP contribution >= 0.6 is 0 Å². The van der Waals surface area contributed by atoms with Crippen molar-refractivity contribution in [1.82, 2.24) is 5.32 Å². The second kappa shape index (κ2) is 5.36. The molecule has 1 heteroatoms. The molecule has 0 aromatic heterocycles. The first-order chi connectivity index (χ1) is 8.93. The van der Waals surface area contributed by atoms with Crippen LogP contribution in [-0.2, 0) is 6.54 Å². The zero-order chi connectivity index (χ0) is 12.2. The van der Waals surface area contributed by atoms with Crippen LogP contribution in [0.4, 0.5) is 0 Å². The zero-order valence-corrected chi connectivity index (χ0v) is 10.5. The highest BCUT2D eigenvalue weighted by Gasteiger charge is 2.31. The normalized spacial score (nSPS) is 22.4. The van der Waals surface area contributed by atoms with E-state index >= 15 is 0 Å². The van der Waals surface area contributed by atoms with Gasteiger partial charge < -0.3 is 5.32 Å². The summed E-state index contributed by atoms with van der Waals surface area (Å²) in [6.07, 6.45) is 2.61. The summed E-state index contributed by atoms with van der Waals surface area (Å²) in [5.41, 5.74) is 2.85. The first kappa shape index (κ1) is 11.5. The van der Waals surface area contributed by atoms with E-state index in [9.17, 15) is 0 Å². The van der Waals surface area contributed by atoms with Crippen LogP contribution < -0.4 is 5.32 Å². The van der Waals surface area contributed by atoms with Crippen LogP contribution in [0.3, 0.4) is 0 Å². The topological polar surface area (TPSA) is 12.0 Å². The Labute approximate surface area is 109 Å². The molecule has 2 aromatic carbocycles. The standard InChI is InChI=1S/C17H19N/c1-3-7-14(8-4-1)13-18-17-12-11-16(17)15-9-5-2-6-10-15/h1-10,16-18H,11-13H2/t16?,17-/m1/s1.